The highest BCUT2D eigenvalue weighted by Gasteiger charge is 2.31. The summed E-state index contributed by atoms with van der Waals surface area (Å²) in [5.41, 5.74) is 11.3. The van der Waals surface area contributed by atoms with Gasteiger partial charge in [0.05, 0.1) is 0 Å². The van der Waals surface area contributed by atoms with Crippen molar-refractivity contribution < 1.29 is 8.78 Å². The Morgan fingerprint density at radius 2 is 1.86 bits per heavy atom. The van der Waals surface area contributed by atoms with Crippen LogP contribution in [0.3, 0.4) is 0 Å². The highest BCUT2D eigenvalue weighted by atomic mass is 19.3. The maximum atomic E-state index is 13.0. The number of allylic oxidation sites excluding steroid dienone is 2. The standard InChI is InChI=1S/C21H31F2N.C8H9N.C2H6/c1-3-11-21(24,15-17-8-5-4-6-9-17)12-7-10-18-13-16(2)19(14-18)20(22)23;1-3-8-4-5-9-6-7(8)2;1-2/h4-6,8-9,13,16,19-20H,3,7,10-12,14-15,24H2,1-2H3;3-6H,1H2,2H3;1-2H3. The molecule has 0 saturated heterocycles. The van der Waals surface area contributed by atoms with Crippen LogP contribution in [0.15, 0.2) is 67.0 Å². The second kappa shape index (κ2) is 16.4. The molecule has 194 valence electrons. The van der Waals surface area contributed by atoms with Crippen molar-refractivity contribution in [2.75, 3.05) is 0 Å². The zero-order chi connectivity index (χ0) is 26.3. The van der Waals surface area contributed by atoms with Gasteiger partial charge in [0, 0.05) is 23.9 Å². The third-order valence-electron chi connectivity index (χ3n) is 6.60. The number of hydrogen-bond donors (Lipinski definition) is 1. The molecule has 1 aromatic heterocycles. The van der Waals surface area contributed by atoms with Crippen LogP contribution < -0.4 is 5.73 Å². The fraction of sp³-hybridized carbons (Fsp3) is 0.516. The second-order valence-electron chi connectivity index (χ2n) is 9.45. The summed E-state index contributed by atoms with van der Waals surface area (Å²) >= 11 is 0. The van der Waals surface area contributed by atoms with Gasteiger partial charge < -0.3 is 5.73 Å². The maximum absolute atomic E-state index is 13.0. The van der Waals surface area contributed by atoms with Crippen molar-refractivity contribution in [2.45, 2.75) is 91.5 Å². The third kappa shape index (κ3) is 10.9. The molecule has 3 atom stereocenters. The monoisotopic (exact) mass is 484 g/mol. The lowest BCUT2D eigenvalue weighted by Crippen LogP contribution is -2.42. The summed E-state index contributed by atoms with van der Waals surface area (Å²) in [7, 11) is 0. The van der Waals surface area contributed by atoms with E-state index in [1.165, 1.54) is 16.7 Å². The molecule has 1 heterocycles. The quantitative estimate of drug-likeness (QED) is 0.342. The molecule has 4 heteroatoms. The molecule has 0 radical (unpaired) electrons. The SMILES string of the molecule is C=Cc1ccncc1C.CC.CCCC(N)(CCCC1=CC(C)C(C(F)F)C1)Cc1ccccc1. The number of alkyl halides is 2. The molecule has 1 aromatic carbocycles. The smallest absolute Gasteiger partial charge is 0.242 e. The second-order valence-corrected chi connectivity index (χ2v) is 9.45. The Labute approximate surface area is 212 Å². The lowest BCUT2D eigenvalue weighted by atomic mass is 9.82. The molecule has 0 spiro atoms. The van der Waals surface area contributed by atoms with Crippen molar-refractivity contribution in [3.8, 4) is 0 Å². The fourth-order valence-corrected chi connectivity index (χ4v) is 4.74. The minimum atomic E-state index is -2.21. The summed E-state index contributed by atoms with van der Waals surface area (Å²) in [5, 5.41) is 0. The normalized spacial score (nSPS) is 18.5. The summed E-state index contributed by atoms with van der Waals surface area (Å²) in [5.74, 6) is -0.481. The Kier molecular flexibility index (Phi) is 14.4. The first-order chi connectivity index (χ1) is 16.8. The summed E-state index contributed by atoms with van der Waals surface area (Å²) in [4.78, 5) is 3.95. The van der Waals surface area contributed by atoms with Crippen LogP contribution >= 0.6 is 0 Å². The lowest BCUT2D eigenvalue weighted by Gasteiger charge is -2.30. The summed E-state index contributed by atoms with van der Waals surface area (Å²) in [6.07, 6.45) is 11.6. The summed E-state index contributed by atoms with van der Waals surface area (Å²) in [6.45, 7) is 13.8. The largest absolute Gasteiger partial charge is 0.325 e. The molecule has 2 N–H and O–H groups in total. The first-order valence-electron chi connectivity index (χ1n) is 13.1. The van der Waals surface area contributed by atoms with E-state index in [0.29, 0.717) is 6.42 Å². The van der Waals surface area contributed by atoms with Crippen molar-refractivity contribution in [1.82, 2.24) is 4.98 Å². The summed E-state index contributed by atoms with van der Waals surface area (Å²) in [6, 6.07) is 12.3. The summed E-state index contributed by atoms with van der Waals surface area (Å²) < 4.78 is 25.9. The molecule has 35 heavy (non-hydrogen) atoms. The van der Waals surface area contributed by atoms with Gasteiger partial charge in [-0.2, -0.15) is 0 Å². The van der Waals surface area contributed by atoms with Gasteiger partial charge >= 0.3 is 0 Å². The molecule has 2 aromatic rings. The van der Waals surface area contributed by atoms with Crippen molar-refractivity contribution in [2.24, 2.45) is 17.6 Å². The van der Waals surface area contributed by atoms with Gasteiger partial charge in [-0.15, -0.1) is 0 Å². The van der Waals surface area contributed by atoms with E-state index >= 15 is 0 Å². The predicted octanol–water partition coefficient (Wildman–Crippen LogP) is 8.80. The number of pyridine rings is 1. The lowest BCUT2D eigenvalue weighted by molar-refractivity contribution is 0.0642. The molecule has 0 amide bonds. The number of rotatable bonds is 10. The molecular weight excluding hydrogens is 438 g/mol. The van der Waals surface area contributed by atoms with E-state index in [0.717, 1.165) is 44.1 Å². The molecule has 3 rings (SSSR count). The zero-order valence-corrected chi connectivity index (χ0v) is 22.4. The molecule has 0 fully saturated rings. The number of halogens is 2. The van der Waals surface area contributed by atoms with Gasteiger partial charge in [-0.1, -0.05) is 88.8 Å². The van der Waals surface area contributed by atoms with E-state index in [2.05, 4.69) is 48.8 Å². The van der Waals surface area contributed by atoms with Crippen molar-refractivity contribution in [1.29, 1.82) is 0 Å². The highest BCUT2D eigenvalue weighted by molar-refractivity contribution is 5.49. The van der Waals surface area contributed by atoms with E-state index in [-0.39, 0.29) is 11.5 Å². The van der Waals surface area contributed by atoms with E-state index in [9.17, 15) is 8.78 Å². The van der Waals surface area contributed by atoms with Gasteiger partial charge in [0.15, 0.2) is 0 Å². The first-order valence-corrected chi connectivity index (χ1v) is 13.1. The van der Waals surface area contributed by atoms with Gasteiger partial charge in [0.25, 0.3) is 0 Å². The Morgan fingerprint density at radius 1 is 1.17 bits per heavy atom. The highest BCUT2D eigenvalue weighted by Crippen LogP contribution is 2.37. The number of hydrogen-bond acceptors (Lipinski definition) is 2. The number of nitrogens with two attached hydrogens (primary N) is 1. The Morgan fingerprint density at radius 3 is 2.37 bits per heavy atom. The molecule has 2 nitrogen and oxygen atoms in total. The van der Waals surface area contributed by atoms with E-state index < -0.39 is 12.3 Å². The van der Waals surface area contributed by atoms with Crippen LogP contribution in [0, 0.1) is 18.8 Å². The van der Waals surface area contributed by atoms with Crippen LogP contribution in [0.4, 0.5) is 8.78 Å². The maximum Gasteiger partial charge on any atom is 0.242 e. The molecule has 0 saturated carbocycles. The molecule has 3 unspecified atom stereocenters. The number of benzene rings is 1. The fourth-order valence-electron chi connectivity index (χ4n) is 4.74. The van der Waals surface area contributed by atoms with E-state index in [1.54, 1.807) is 6.20 Å². The van der Waals surface area contributed by atoms with Gasteiger partial charge in [0.1, 0.15) is 0 Å². The molecule has 1 aliphatic rings. The molecule has 0 bridgehead atoms. The molecule has 0 aliphatic heterocycles. The minimum absolute atomic E-state index is 0.00240. The molecule has 1 aliphatic carbocycles. The average Bonchev–Trinajstić information content (AvgIpc) is 3.22. The predicted molar refractivity (Wildman–Crippen MR) is 148 cm³/mol. The third-order valence-corrected chi connectivity index (χ3v) is 6.60. The number of aromatic nitrogens is 1. The van der Waals surface area contributed by atoms with Gasteiger partial charge in [-0.3, -0.25) is 4.98 Å². The van der Waals surface area contributed by atoms with Gasteiger partial charge in [-0.05, 0) is 74.1 Å². The van der Waals surface area contributed by atoms with Crippen LogP contribution in [0.5, 0.6) is 0 Å². The van der Waals surface area contributed by atoms with Crippen LogP contribution in [0.1, 0.15) is 82.9 Å². The molecular formula is C31H46F2N2. The first kappa shape index (κ1) is 30.7. The van der Waals surface area contributed by atoms with Gasteiger partial charge in [0.2, 0.25) is 6.43 Å². The van der Waals surface area contributed by atoms with Crippen molar-refractivity contribution in [3.63, 3.8) is 0 Å². The van der Waals surface area contributed by atoms with Crippen LogP contribution in [0.2, 0.25) is 0 Å². The van der Waals surface area contributed by atoms with E-state index in [1.807, 2.05) is 52.1 Å². The van der Waals surface area contributed by atoms with Crippen molar-refractivity contribution >= 4 is 6.08 Å². The Hall–Kier alpha value is -2.33. The topological polar surface area (TPSA) is 38.9 Å². The van der Waals surface area contributed by atoms with Crippen molar-refractivity contribution in [3.05, 3.63) is 83.7 Å². The van der Waals surface area contributed by atoms with Gasteiger partial charge in [-0.25, -0.2) is 8.78 Å². The number of aryl methyl sites for hydroxylation is 1. The Balaban J connectivity index is 0.000000464. The zero-order valence-electron chi connectivity index (χ0n) is 22.4. The minimum Gasteiger partial charge on any atom is -0.325 e. The van der Waals surface area contributed by atoms with Crippen LogP contribution in [-0.4, -0.2) is 16.9 Å². The number of nitrogens with zero attached hydrogens (tertiary/aromatic N) is 1. The van der Waals surface area contributed by atoms with E-state index in [4.69, 9.17) is 5.73 Å². The van der Waals surface area contributed by atoms with Crippen LogP contribution in [-0.2, 0) is 6.42 Å². The van der Waals surface area contributed by atoms with Crippen LogP contribution in [0.25, 0.3) is 6.08 Å². The Bertz CT molecular complexity index is 879. The average molecular weight is 485 g/mol.